The van der Waals surface area contributed by atoms with Gasteiger partial charge in [-0.25, -0.2) is 0 Å². The van der Waals surface area contributed by atoms with E-state index in [1.165, 1.54) is 0 Å². The van der Waals surface area contributed by atoms with Crippen LogP contribution in [0.2, 0.25) is 10.0 Å². The molecule has 20 heavy (non-hydrogen) atoms. The second-order valence-electron chi connectivity index (χ2n) is 4.31. The van der Waals surface area contributed by atoms with Crippen LogP contribution in [0.3, 0.4) is 0 Å². The van der Waals surface area contributed by atoms with E-state index in [2.05, 4.69) is 10.4 Å². The highest BCUT2D eigenvalue weighted by molar-refractivity contribution is 6.42. The Labute approximate surface area is 128 Å². The molecule has 0 spiro atoms. The van der Waals surface area contributed by atoms with Crippen LogP contribution in [0.15, 0.2) is 24.4 Å². The van der Waals surface area contributed by atoms with Crippen molar-refractivity contribution in [1.29, 1.82) is 0 Å². The maximum atomic E-state index is 6.11. The molecule has 1 N–H and O–H groups in total. The molecule has 2 aromatic rings. The highest BCUT2D eigenvalue weighted by Crippen LogP contribution is 2.32. The highest BCUT2D eigenvalue weighted by Gasteiger charge is 2.22. The zero-order valence-electron chi connectivity index (χ0n) is 11.7. The molecule has 0 saturated heterocycles. The van der Waals surface area contributed by atoms with E-state index in [9.17, 15) is 0 Å². The number of nitrogens with zero attached hydrogens (tertiary/aromatic N) is 2. The number of rotatable bonds is 5. The van der Waals surface area contributed by atoms with Crippen molar-refractivity contribution in [3.05, 3.63) is 45.7 Å². The number of benzene rings is 1. The van der Waals surface area contributed by atoms with E-state index >= 15 is 0 Å². The summed E-state index contributed by atoms with van der Waals surface area (Å²) < 4.78 is 7.31. The Bertz CT molecular complexity index is 577. The Hall–Kier alpha value is -1.23. The van der Waals surface area contributed by atoms with E-state index < -0.39 is 0 Å². The molecule has 6 heteroatoms. The SMILES string of the molecule is CCn1ncc(OC)c1C(NC)c1ccc(Cl)c(Cl)c1. The summed E-state index contributed by atoms with van der Waals surface area (Å²) in [7, 11) is 3.53. The second kappa shape index (κ2) is 6.48. The lowest BCUT2D eigenvalue weighted by Crippen LogP contribution is -2.22. The lowest BCUT2D eigenvalue weighted by Gasteiger charge is -2.19. The third kappa shape index (κ3) is 2.77. The molecule has 0 saturated carbocycles. The largest absolute Gasteiger partial charge is 0.493 e. The highest BCUT2D eigenvalue weighted by atomic mass is 35.5. The van der Waals surface area contributed by atoms with Crippen LogP contribution < -0.4 is 10.1 Å². The van der Waals surface area contributed by atoms with Crippen LogP contribution in [-0.4, -0.2) is 23.9 Å². The third-order valence-electron chi connectivity index (χ3n) is 3.20. The van der Waals surface area contributed by atoms with Crippen molar-refractivity contribution in [1.82, 2.24) is 15.1 Å². The minimum absolute atomic E-state index is 0.0674. The van der Waals surface area contributed by atoms with Gasteiger partial charge in [-0.2, -0.15) is 5.10 Å². The number of hydrogen-bond donors (Lipinski definition) is 1. The maximum absolute atomic E-state index is 6.11. The molecule has 0 radical (unpaired) electrons. The van der Waals surface area contributed by atoms with Gasteiger partial charge in [0.15, 0.2) is 5.75 Å². The number of methoxy groups -OCH3 is 1. The van der Waals surface area contributed by atoms with Crippen LogP contribution in [0.5, 0.6) is 5.75 Å². The first-order valence-electron chi connectivity index (χ1n) is 6.34. The van der Waals surface area contributed by atoms with Gasteiger partial charge in [-0.1, -0.05) is 29.3 Å². The Balaban J connectivity index is 2.51. The van der Waals surface area contributed by atoms with Gasteiger partial charge >= 0.3 is 0 Å². The van der Waals surface area contributed by atoms with E-state index in [0.29, 0.717) is 10.0 Å². The molecule has 0 aliphatic heterocycles. The fourth-order valence-electron chi connectivity index (χ4n) is 2.23. The standard InChI is InChI=1S/C14H17Cl2N3O/c1-4-19-14(12(20-3)8-18-19)13(17-2)9-5-6-10(15)11(16)7-9/h5-8,13,17H,4H2,1-3H3. The Morgan fingerprint density at radius 2 is 2.10 bits per heavy atom. The van der Waals surface area contributed by atoms with Gasteiger partial charge in [0.1, 0.15) is 5.69 Å². The van der Waals surface area contributed by atoms with Crippen molar-refractivity contribution in [2.45, 2.75) is 19.5 Å². The molecular formula is C14H17Cl2N3O. The predicted octanol–water partition coefficient (Wildman–Crippen LogP) is 3.53. The van der Waals surface area contributed by atoms with E-state index in [0.717, 1.165) is 23.6 Å². The first-order valence-corrected chi connectivity index (χ1v) is 7.09. The summed E-state index contributed by atoms with van der Waals surface area (Å²) in [6.45, 7) is 2.80. The van der Waals surface area contributed by atoms with E-state index in [1.807, 2.05) is 30.8 Å². The summed E-state index contributed by atoms with van der Waals surface area (Å²) in [5.41, 5.74) is 1.98. The first kappa shape index (κ1) is 15.2. The van der Waals surface area contributed by atoms with E-state index in [4.69, 9.17) is 27.9 Å². The minimum atomic E-state index is -0.0674. The Morgan fingerprint density at radius 3 is 2.65 bits per heavy atom. The average molecular weight is 314 g/mol. The van der Waals surface area contributed by atoms with Gasteiger partial charge in [-0.05, 0) is 31.7 Å². The third-order valence-corrected chi connectivity index (χ3v) is 3.94. The van der Waals surface area contributed by atoms with Gasteiger partial charge in [0.05, 0.1) is 29.4 Å². The van der Waals surface area contributed by atoms with Crippen LogP contribution in [0, 0.1) is 0 Å². The fraction of sp³-hybridized carbons (Fsp3) is 0.357. The molecule has 2 rings (SSSR count). The smallest absolute Gasteiger partial charge is 0.161 e. The van der Waals surface area contributed by atoms with Crippen molar-refractivity contribution in [2.24, 2.45) is 0 Å². The monoisotopic (exact) mass is 313 g/mol. The van der Waals surface area contributed by atoms with Crippen LogP contribution in [0.25, 0.3) is 0 Å². The number of aryl methyl sites for hydroxylation is 1. The molecule has 0 fully saturated rings. The maximum Gasteiger partial charge on any atom is 0.161 e. The van der Waals surface area contributed by atoms with E-state index in [-0.39, 0.29) is 6.04 Å². The molecule has 4 nitrogen and oxygen atoms in total. The summed E-state index contributed by atoms with van der Waals surface area (Å²) in [5, 5.41) is 8.68. The molecular weight excluding hydrogens is 297 g/mol. The van der Waals surface area contributed by atoms with Crippen molar-refractivity contribution in [3.63, 3.8) is 0 Å². The van der Waals surface area contributed by atoms with Gasteiger partial charge < -0.3 is 10.1 Å². The van der Waals surface area contributed by atoms with Crippen molar-refractivity contribution >= 4 is 23.2 Å². The molecule has 1 atom stereocenters. The van der Waals surface area contributed by atoms with Gasteiger partial charge in [0, 0.05) is 6.54 Å². The molecule has 1 heterocycles. The minimum Gasteiger partial charge on any atom is -0.493 e. The fourth-order valence-corrected chi connectivity index (χ4v) is 2.54. The van der Waals surface area contributed by atoms with E-state index in [1.54, 1.807) is 19.4 Å². The number of aromatic nitrogens is 2. The topological polar surface area (TPSA) is 39.1 Å². The molecule has 1 aromatic heterocycles. The van der Waals surface area contributed by atoms with Crippen LogP contribution >= 0.6 is 23.2 Å². The van der Waals surface area contributed by atoms with Crippen molar-refractivity contribution in [3.8, 4) is 5.75 Å². The summed E-state index contributed by atoms with van der Waals surface area (Å²) in [6.07, 6.45) is 1.72. The molecule has 108 valence electrons. The molecule has 0 amide bonds. The van der Waals surface area contributed by atoms with Crippen molar-refractivity contribution in [2.75, 3.05) is 14.2 Å². The second-order valence-corrected chi connectivity index (χ2v) is 5.12. The zero-order chi connectivity index (χ0) is 14.7. The number of halogens is 2. The number of hydrogen-bond acceptors (Lipinski definition) is 3. The quantitative estimate of drug-likeness (QED) is 0.918. The summed E-state index contributed by atoms with van der Waals surface area (Å²) in [4.78, 5) is 0. The summed E-state index contributed by atoms with van der Waals surface area (Å²) >= 11 is 12.1. The lowest BCUT2D eigenvalue weighted by atomic mass is 10.0. The summed E-state index contributed by atoms with van der Waals surface area (Å²) in [6, 6.07) is 5.53. The molecule has 1 unspecified atom stereocenters. The molecule has 0 aliphatic carbocycles. The van der Waals surface area contributed by atoms with Crippen LogP contribution in [0.4, 0.5) is 0 Å². The van der Waals surface area contributed by atoms with Crippen LogP contribution in [0.1, 0.15) is 24.2 Å². The van der Waals surface area contributed by atoms with Crippen LogP contribution in [-0.2, 0) is 6.54 Å². The van der Waals surface area contributed by atoms with Gasteiger partial charge in [-0.15, -0.1) is 0 Å². The molecule has 0 aliphatic rings. The number of ether oxygens (including phenoxy) is 1. The Morgan fingerprint density at radius 1 is 1.35 bits per heavy atom. The predicted molar refractivity (Wildman–Crippen MR) is 81.8 cm³/mol. The average Bonchev–Trinajstić information content (AvgIpc) is 2.86. The zero-order valence-corrected chi connectivity index (χ0v) is 13.2. The van der Waals surface area contributed by atoms with Gasteiger partial charge in [-0.3, -0.25) is 4.68 Å². The Kier molecular flexibility index (Phi) is 4.91. The normalized spacial score (nSPS) is 12.4. The van der Waals surface area contributed by atoms with Crippen molar-refractivity contribution < 1.29 is 4.74 Å². The molecule has 1 aromatic carbocycles. The van der Waals surface area contributed by atoms with Gasteiger partial charge in [0.25, 0.3) is 0 Å². The first-order chi connectivity index (χ1) is 9.62. The van der Waals surface area contributed by atoms with Gasteiger partial charge in [0.2, 0.25) is 0 Å². The lowest BCUT2D eigenvalue weighted by molar-refractivity contribution is 0.401. The summed E-state index contributed by atoms with van der Waals surface area (Å²) in [5.74, 6) is 0.747. The molecule has 0 bridgehead atoms. The number of nitrogens with one attached hydrogen (secondary N) is 1.